The van der Waals surface area contributed by atoms with Gasteiger partial charge in [-0.2, -0.15) is 0 Å². The molecule has 0 amide bonds. The monoisotopic (exact) mass is 595 g/mol. The van der Waals surface area contributed by atoms with Gasteiger partial charge in [-0.05, 0) is 59.2 Å². The summed E-state index contributed by atoms with van der Waals surface area (Å²) in [7, 11) is 1.25. The lowest BCUT2D eigenvalue weighted by atomic mass is 9.76. The highest BCUT2D eigenvalue weighted by atomic mass is 127. The van der Waals surface area contributed by atoms with Crippen LogP contribution in [-0.4, -0.2) is 46.6 Å². The molecule has 0 aliphatic heterocycles. The van der Waals surface area contributed by atoms with E-state index in [-0.39, 0.29) is 57.5 Å². The number of carbonyl (C=O) groups excluding carboxylic acids is 5. The van der Waals surface area contributed by atoms with E-state index in [9.17, 15) is 33.9 Å². The molecule has 1 atom stereocenters. The maximum atomic E-state index is 13.9. The highest BCUT2D eigenvalue weighted by Gasteiger charge is 2.59. The van der Waals surface area contributed by atoms with E-state index in [0.29, 0.717) is 20.8 Å². The number of methoxy groups -OCH3 is 1. The fourth-order valence-electron chi connectivity index (χ4n) is 5.65. The van der Waals surface area contributed by atoms with Crippen molar-refractivity contribution in [3.8, 4) is 5.75 Å². The van der Waals surface area contributed by atoms with Crippen LogP contribution in [0.15, 0.2) is 34.8 Å². The van der Waals surface area contributed by atoms with E-state index in [1.807, 2.05) is 22.6 Å². The van der Waals surface area contributed by atoms with Crippen LogP contribution in [0.4, 0.5) is 0 Å². The summed E-state index contributed by atoms with van der Waals surface area (Å²) < 4.78 is 5.54. The van der Waals surface area contributed by atoms with Gasteiger partial charge in [0.1, 0.15) is 11.2 Å². The Morgan fingerprint density at radius 1 is 1.03 bits per heavy atom. The first-order valence-electron chi connectivity index (χ1n) is 10.8. The molecule has 178 valence electrons. The minimum Gasteiger partial charge on any atom is -0.507 e. The first-order valence-corrected chi connectivity index (χ1v) is 11.9. The summed E-state index contributed by atoms with van der Waals surface area (Å²) in [5.41, 5.74) is -1.97. The molecule has 1 aromatic heterocycles. The van der Waals surface area contributed by atoms with E-state index in [4.69, 9.17) is 4.74 Å². The molecule has 3 aliphatic rings. The molecule has 0 radical (unpaired) electrons. The van der Waals surface area contributed by atoms with Crippen molar-refractivity contribution in [2.75, 3.05) is 7.11 Å². The van der Waals surface area contributed by atoms with Gasteiger partial charge < -0.3 is 14.8 Å². The number of hydrogen-bond acceptors (Lipinski definition) is 8. The number of carbonyl (C=O) groups is 5. The van der Waals surface area contributed by atoms with Gasteiger partial charge in [0, 0.05) is 42.8 Å². The lowest BCUT2D eigenvalue weighted by Crippen LogP contribution is -2.36. The molecule has 9 nitrogen and oxygen atoms in total. The minimum absolute atomic E-state index is 0.00822. The van der Waals surface area contributed by atoms with Crippen LogP contribution in [0.1, 0.15) is 69.5 Å². The largest absolute Gasteiger partial charge is 0.507 e. The number of Topliss-reactive ketones (excluding diaryl/α,β-unsaturated/α-hetero) is 3. The molecule has 10 heteroatoms. The molecule has 0 bridgehead atoms. The van der Waals surface area contributed by atoms with Crippen molar-refractivity contribution in [2.45, 2.75) is 18.3 Å². The number of aromatic nitrogens is 1. The number of benzene rings is 2. The van der Waals surface area contributed by atoms with Crippen LogP contribution in [0, 0.1) is 3.57 Å². The fourth-order valence-corrected chi connectivity index (χ4v) is 6.62. The molecule has 2 N–H and O–H groups in total. The normalized spacial score (nSPS) is 20.0. The van der Waals surface area contributed by atoms with Gasteiger partial charge in [0.2, 0.25) is 5.78 Å². The summed E-state index contributed by atoms with van der Waals surface area (Å²) in [6.45, 7) is 0. The minimum atomic E-state index is -1.79. The van der Waals surface area contributed by atoms with Crippen LogP contribution >= 0.6 is 22.6 Å². The number of phenolic OH excluding ortho intramolecular Hbond substituents is 1. The predicted octanol–water partition coefficient (Wildman–Crippen LogP) is 2.82. The third kappa shape index (κ3) is 2.54. The van der Waals surface area contributed by atoms with Crippen molar-refractivity contribution in [3.05, 3.63) is 83.0 Å². The average molecular weight is 595 g/mol. The van der Waals surface area contributed by atoms with Crippen molar-refractivity contribution < 1.29 is 33.8 Å². The zero-order valence-corrected chi connectivity index (χ0v) is 20.6. The number of allylic oxidation sites excluding steroid dienone is 2. The molecule has 36 heavy (non-hydrogen) atoms. The second-order valence-corrected chi connectivity index (χ2v) is 9.97. The number of rotatable bonds is 2. The number of hydrogen-bond donors (Lipinski definition) is 2. The maximum absolute atomic E-state index is 13.9. The molecule has 0 fully saturated rings. The Kier molecular flexibility index (Phi) is 4.56. The Balaban J connectivity index is 1.62. The molecule has 0 saturated carbocycles. The number of ketones is 4. The number of pyridine rings is 1. The summed E-state index contributed by atoms with van der Waals surface area (Å²) in [4.78, 5) is 79.6. The number of fused-ring (bicyclic) bond motifs is 5. The molecule has 1 spiro atoms. The lowest BCUT2D eigenvalue weighted by Gasteiger charge is -2.23. The topological polar surface area (TPSA) is 148 Å². The Labute approximate surface area is 215 Å². The molecule has 6 rings (SSSR count). The molecule has 1 unspecified atom stereocenters. The maximum Gasteiger partial charge on any atom is 0.260 e. The molecule has 3 aliphatic carbocycles. The highest BCUT2D eigenvalue weighted by Crippen LogP contribution is 2.54. The van der Waals surface area contributed by atoms with E-state index in [2.05, 4.69) is 4.98 Å². The Bertz CT molecular complexity index is 1760. The van der Waals surface area contributed by atoms with Gasteiger partial charge in [-0.25, -0.2) is 0 Å². The van der Waals surface area contributed by atoms with Crippen molar-refractivity contribution in [2.24, 2.45) is 0 Å². The Morgan fingerprint density at radius 3 is 2.33 bits per heavy atom. The van der Waals surface area contributed by atoms with E-state index >= 15 is 0 Å². The first-order chi connectivity index (χ1) is 17.1. The quantitative estimate of drug-likeness (QED) is 0.261. The van der Waals surface area contributed by atoms with Gasteiger partial charge in [0.15, 0.2) is 29.4 Å². The zero-order chi connectivity index (χ0) is 25.7. The Morgan fingerprint density at radius 2 is 1.69 bits per heavy atom. The Hall–Kier alpha value is -3.93. The van der Waals surface area contributed by atoms with Gasteiger partial charge in [-0.15, -0.1) is 0 Å². The third-order valence-electron chi connectivity index (χ3n) is 7.27. The van der Waals surface area contributed by atoms with Crippen molar-refractivity contribution in [1.29, 1.82) is 0 Å². The number of aromatic amines is 1. The molecule has 0 saturated heterocycles. The highest BCUT2D eigenvalue weighted by molar-refractivity contribution is 14.1. The number of phenols is 1. The fraction of sp³-hybridized carbons (Fsp3) is 0.154. The molecule has 1 heterocycles. The molecular weight excluding hydrogens is 581 g/mol. The van der Waals surface area contributed by atoms with Crippen LogP contribution in [0.25, 0.3) is 10.8 Å². The molecule has 2 aromatic carbocycles. The summed E-state index contributed by atoms with van der Waals surface area (Å²) in [6.07, 6.45) is 1.83. The van der Waals surface area contributed by atoms with Gasteiger partial charge in [0.05, 0.1) is 18.2 Å². The van der Waals surface area contributed by atoms with E-state index < -0.39 is 39.9 Å². The van der Waals surface area contributed by atoms with E-state index in [1.54, 1.807) is 0 Å². The predicted molar refractivity (Wildman–Crippen MR) is 133 cm³/mol. The van der Waals surface area contributed by atoms with Crippen LogP contribution in [-0.2, 0) is 16.6 Å². The summed E-state index contributed by atoms with van der Waals surface area (Å²) >= 11 is 1.98. The van der Waals surface area contributed by atoms with Crippen LogP contribution in [0.3, 0.4) is 0 Å². The summed E-state index contributed by atoms with van der Waals surface area (Å²) in [6, 6.07) is 3.94. The molecular formula is C26H14INO8. The average Bonchev–Trinajstić information content (AvgIpc) is 3.37. The third-order valence-corrected chi connectivity index (χ3v) is 8.50. The van der Waals surface area contributed by atoms with Crippen LogP contribution in [0.2, 0.25) is 0 Å². The van der Waals surface area contributed by atoms with E-state index in [0.717, 1.165) is 6.08 Å². The molecule has 3 aromatic rings. The van der Waals surface area contributed by atoms with E-state index in [1.165, 1.54) is 25.3 Å². The first kappa shape index (κ1) is 22.5. The van der Waals surface area contributed by atoms with Crippen molar-refractivity contribution in [1.82, 2.24) is 4.98 Å². The van der Waals surface area contributed by atoms with Crippen molar-refractivity contribution >= 4 is 62.8 Å². The van der Waals surface area contributed by atoms with Gasteiger partial charge in [-0.3, -0.25) is 28.8 Å². The lowest BCUT2D eigenvalue weighted by molar-refractivity contribution is 0.0791. The van der Waals surface area contributed by atoms with Gasteiger partial charge >= 0.3 is 0 Å². The SMILES string of the molecule is COC1=CC(=O)c2cc3c(cc2C1=O)C(=O)C1(CCc2c1c(O)c1c(=O)[nH]c(C=O)cc1c2I)C3=O. The summed E-state index contributed by atoms with van der Waals surface area (Å²) in [5.74, 6) is -2.98. The number of H-pyrrole nitrogens is 1. The number of ether oxygens (including phenoxy) is 1. The summed E-state index contributed by atoms with van der Waals surface area (Å²) in [5, 5.41) is 11.5. The number of aromatic hydroxyl groups is 1. The van der Waals surface area contributed by atoms with Crippen molar-refractivity contribution in [3.63, 3.8) is 0 Å². The second-order valence-electron chi connectivity index (χ2n) is 8.89. The van der Waals surface area contributed by atoms with Gasteiger partial charge in [0.25, 0.3) is 5.56 Å². The smallest absolute Gasteiger partial charge is 0.260 e. The standard InChI is InChI=1S/C26H14INO8/c1-36-17-7-16(30)11-5-13-14(6-12(11)21(17)31)24(34)26(23(13)33)3-2-10-19(26)22(32)18-15(20(10)27)4-9(8-29)28-25(18)35/h4-8,32H,2-3H2,1H3,(H,28,35). The zero-order valence-electron chi connectivity index (χ0n) is 18.5. The van der Waals surface area contributed by atoms with Crippen LogP contribution in [0.5, 0.6) is 5.75 Å². The van der Waals surface area contributed by atoms with Crippen LogP contribution < -0.4 is 5.56 Å². The number of aldehydes is 1. The van der Waals surface area contributed by atoms with Gasteiger partial charge in [-0.1, -0.05) is 0 Å². The second kappa shape index (κ2) is 7.29. The number of nitrogens with one attached hydrogen (secondary N) is 1. The number of halogens is 1.